The number of carbonyl (C=O) groups excluding carboxylic acids is 1. The number of likely N-dealkylation sites (tertiary alicyclic amines) is 1. The van der Waals surface area contributed by atoms with Crippen molar-refractivity contribution in [2.24, 2.45) is 5.92 Å². The smallest absolute Gasteiger partial charge is 0.259 e. The molecule has 6 heteroatoms. The van der Waals surface area contributed by atoms with E-state index in [-0.39, 0.29) is 18.3 Å². The van der Waals surface area contributed by atoms with Crippen molar-refractivity contribution in [3.63, 3.8) is 0 Å². The van der Waals surface area contributed by atoms with E-state index in [4.69, 9.17) is 4.52 Å². The Morgan fingerprint density at radius 3 is 2.83 bits per heavy atom. The molecule has 1 saturated heterocycles. The highest BCUT2D eigenvalue weighted by molar-refractivity contribution is 6.00. The Labute approximate surface area is 148 Å². The lowest BCUT2D eigenvalue weighted by atomic mass is 9.96. The average molecular weight is 350 g/mol. The SMILES string of the molecule is CNCC1CCCN(C(=O)c2c(-c3ccccc3)noc2C)C1.Cl. The van der Waals surface area contributed by atoms with Gasteiger partial charge in [-0.25, -0.2) is 0 Å². The maximum Gasteiger partial charge on any atom is 0.259 e. The normalized spacial score (nSPS) is 17.4. The van der Waals surface area contributed by atoms with Crippen LogP contribution in [0.2, 0.25) is 0 Å². The fourth-order valence-corrected chi connectivity index (χ4v) is 3.28. The first-order chi connectivity index (χ1) is 11.2. The summed E-state index contributed by atoms with van der Waals surface area (Å²) in [6.45, 7) is 4.34. The molecule has 24 heavy (non-hydrogen) atoms. The van der Waals surface area contributed by atoms with Crippen LogP contribution in [0.5, 0.6) is 0 Å². The van der Waals surface area contributed by atoms with Crippen LogP contribution in [0.25, 0.3) is 11.3 Å². The number of rotatable bonds is 4. The van der Waals surface area contributed by atoms with Crippen molar-refractivity contribution >= 4 is 18.3 Å². The second kappa shape index (κ2) is 8.31. The van der Waals surface area contributed by atoms with Gasteiger partial charge in [0.1, 0.15) is 17.0 Å². The van der Waals surface area contributed by atoms with E-state index in [0.717, 1.165) is 31.6 Å². The standard InChI is InChI=1S/C18H23N3O2.ClH/c1-13-16(17(20-23-13)15-8-4-3-5-9-15)18(22)21-10-6-7-14(12-21)11-19-2;/h3-5,8-9,14,19H,6-7,10-12H2,1-2H3;1H. The molecule has 1 atom stereocenters. The Balaban J connectivity index is 0.00000208. The topological polar surface area (TPSA) is 58.4 Å². The molecule has 2 aromatic rings. The van der Waals surface area contributed by atoms with Crippen molar-refractivity contribution in [1.29, 1.82) is 0 Å². The third kappa shape index (κ3) is 3.79. The minimum absolute atomic E-state index is 0. The predicted octanol–water partition coefficient (Wildman–Crippen LogP) is 3.14. The molecule has 3 rings (SSSR count). The summed E-state index contributed by atoms with van der Waals surface area (Å²) in [6, 6.07) is 9.74. The molecule has 2 heterocycles. The van der Waals surface area contributed by atoms with E-state index in [1.165, 1.54) is 6.42 Å². The number of aromatic nitrogens is 1. The number of nitrogens with one attached hydrogen (secondary N) is 1. The molecule has 5 nitrogen and oxygen atoms in total. The van der Waals surface area contributed by atoms with Crippen LogP contribution in [0.4, 0.5) is 0 Å². The third-order valence-corrected chi connectivity index (χ3v) is 4.42. The molecule has 0 saturated carbocycles. The van der Waals surface area contributed by atoms with Crippen molar-refractivity contribution in [1.82, 2.24) is 15.4 Å². The highest BCUT2D eigenvalue weighted by Crippen LogP contribution is 2.28. The van der Waals surface area contributed by atoms with Gasteiger partial charge < -0.3 is 14.7 Å². The molecule has 130 valence electrons. The number of carbonyl (C=O) groups is 1. The fraction of sp³-hybridized carbons (Fsp3) is 0.444. The second-order valence-electron chi connectivity index (χ2n) is 6.15. The summed E-state index contributed by atoms with van der Waals surface area (Å²) >= 11 is 0. The largest absolute Gasteiger partial charge is 0.360 e. The molecule has 0 spiro atoms. The second-order valence-corrected chi connectivity index (χ2v) is 6.15. The number of aryl methyl sites for hydroxylation is 1. The number of hydrogen-bond acceptors (Lipinski definition) is 4. The van der Waals surface area contributed by atoms with Crippen LogP contribution >= 0.6 is 12.4 Å². The summed E-state index contributed by atoms with van der Waals surface area (Å²) < 4.78 is 5.33. The maximum atomic E-state index is 13.0. The van der Waals surface area contributed by atoms with Crippen molar-refractivity contribution in [3.05, 3.63) is 41.7 Å². The van der Waals surface area contributed by atoms with Crippen LogP contribution in [0, 0.1) is 12.8 Å². The molecular weight excluding hydrogens is 326 g/mol. The Kier molecular flexibility index (Phi) is 6.40. The molecule has 1 N–H and O–H groups in total. The number of hydrogen-bond donors (Lipinski definition) is 1. The molecule has 0 aliphatic carbocycles. The minimum atomic E-state index is 0. The zero-order valence-corrected chi connectivity index (χ0v) is 14.9. The zero-order chi connectivity index (χ0) is 16.2. The molecule has 0 bridgehead atoms. The van der Waals surface area contributed by atoms with Gasteiger partial charge >= 0.3 is 0 Å². The monoisotopic (exact) mass is 349 g/mol. The van der Waals surface area contributed by atoms with E-state index in [1.54, 1.807) is 0 Å². The van der Waals surface area contributed by atoms with E-state index in [1.807, 2.05) is 49.2 Å². The maximum absolute atomic E-state index is 13.0. The number of nitrogens with zero attached hydrogens (tertiary/aromatic N) is 2. The number of benzene rings is 1. The van der Waals surface area contributed by atoms with Gasteiger partial charge in [0, 0.05) is 18.7 Å². The highest BCUT2D eigenvalue weighted by Gasteiger charge is 2.29. The van der Waals surface area contributed by atoms with Gasteiger partial charge in [-0.2, -0.15) is 0 Å². The van der Waals surface area contributed by atoms with Gasteiger partial charge in [0.15, 0.2) is 0 Å². The number of amides is 1. The van der Waals surface area contributed by atoms with Crippen molar-refractivity contribution < 1.29 is 9.32 Å². The van der Waals surface area contributed by atoms with Crippen LogP contribution in [0.15, 0.2) is 34.9 Å². The predicted molar refractivity (Wildman–Crippen MR) is 96.5 cm³/mol. The van der Waals surface area contributed by atoms with Gasteiger partial charge in [0.05, 0.1) is 0 Å². The molecule has 1 aromatic carbocycles. The van der Waals surface area contributed by atoms with Crippen LogP contribution in [-0.2, 0) is 0 Å². The number of piperidine rings is 1. The summed E-state index contributed by atoms with van der Waals surface area (Å²) in [7, 11) is 1.96. The van der Waals surface area contributed by atoms with E-state index in [0.29, 0.717) is 22.9 Å². The van der Waals surface area contributed by atoms with Gasteiger partial charge in [0.25, 0.3) is 5.91 Å². The summed E-state index contributed by atoms with van der Waals surface area (Å²) in [5, 5.41) is 7.33. The molecule has 1 unspecified atom stereocenters. The molecular formula is C18H24ClN3O2. The van der Waals surface area contributed by atoms with E-state index >= 15 is 0 Å². The van der Waals surface area contributed by atoms with Gasteiger partial charge in [0.2, 0.25) is 0 Å². The summed E-state index contributed by atoms with van der Waals surface area (Å²) in [5.74, 6) is 1.13. The Morgan fingerprint density at radius 1 is 1.38 bits per heavy atom. The first-order valence-electron chi connectivity index (χ1n) is 8.16. The minimum Gasteiger partial charge on any atom is -0.360 e. The van der Waals surface area contributed by atoms with Gasteiger partial charge in [-0.05, 0) is 39.3 Å². The average Bonchev–Trinajstić information content (AvgIpc) is 2.97. The van der Waals surface area contributed by atoms with Gasteiger partial charge in [-0.3, -0.25) is 4.79 Å². The summed E-state index contributed by atoms with van der Waals surface area (Å²) in [5.41, 5.74) is 2.15. The van der Waals surface area contributed by atoms with E-state index < -0.39 is 0 Å². The first kappa shape index (κ1) is 18.5. The highest BCUT2D eigenvalue weighted by atomic mass is 35.5. The fourth-order valence-electron chi connectivity index (χ4n) is 3.28. The lowest BCUT2D eigenvalue weighted by Gasteiger charge is -2.32. The van der Waals surface area contributed by atoms with Crippen LogP contribution < -0.4 is 5.32 Å². The lowest BCUT2D eigenvalue weighted by Crippen LogP contribution is -2.42. The van der Waals surface area contributed by atoms with Crippen molar-refractivity contribution in [2.45, 2.75) is 19.8 Å². The number of halogens is 1. The lowest BCUT2D eigenvalue weighted by molar-refractivity contribution is 0.0673. The van der Waals surface area contributed by atoms with Crippen LogP contribution in [0.1, 0.15) is 29.0 Å². The van der Waals surface area contributed by atoms with E-state index in [2.05, 4.69) is 10.5 Å². The van der Waals surface area contributed by atoms with Gasteiger partial charge in [-0.15, -0.1) is 12.4 Å². The van der Waals surface area contributed by atoms with Crippen molar-refractivity contribution in [3.8, 4) is 11.3 Å². The molecule has 1 aromatic heterocycles. The van der Waals surface area contributed by atoms with Crippen LogP contribution in [0.3, 0.4) is 0 Å². The van der Waals surface area contributed by atoms with Crippen LogP contribution in [-0.4, -0.2) is 42.6 Å². The molecule has 1 fully saturated rings. The molecule has 0 radical (unpaired) electrons. The Morgan fingerprint density at radius 2 is 2.12 bits per heavy atom. The third-order valence-electron chi connectivity index (χ3n) is 4.42. The zero-order valence-electron chi connectivity index (χ0n) is 14.1. The summed E-state index contributed by atoms with van der Waals surface area (Å²) in [6.07, 6.45) is 2.21. The van der Waals surface area contributed by atoms with Gasteiger partial charge in [-0.1, -0.05) is 35.5 Å². The Hall–Kier alpha value is -1.85. The molecule has 1 amide bonds. The van der Waals surface area contributed by atoms with E-state index in [9.17, 15) is 4.79 Å². The summed E-state index contributed by atoms with van der Waals surface area (Å²) in [4.78, 5) is 15.0. The molecule has 1 aliphatic heterocycles. The molecule has 1 aliphatic rings. The Bertz CT molecular complexity index is 670. The quantitative estimate of drug-likeness (QED) is 0.921. The van der Waals surface area contributed by atoms with Crippen molar-refractivity contribution in [2.75, 3.05) is 26.7 Å². The first-order valence-corrected chi connectivity index (χ1v) is 8.16.